The van der Waals surface area contributed by atoms with E-state index in [0.29, 0.717) is 25.7 Å². The minimum absolute atomic E-state index is 0.104. The number of esters is 4. The van der Waals surface area contributed by atoms with E-state index in [1.807, 2.05) is 0 Å². The Labute approximate surface area is 549 Å². The van der Waals surface area contributed by atoms with Gasteiger partial charge in [-0.15, -0.1) is 0 Å². The number of ether oxygens (including phenoxy) is 4. The Morgan fingerprint density at radius 3 is 0.789 bits per heavy atom. The third-order valence-electron chi connectivity index (χ3n) is 17.0. The number of phosphoric acid groups is 2. The zero-order valence-corrected chi connectivity index (χ0v) is 60.6. The van der Waals surface area contributed by atoms with Crippen molar-refractivity contribution in [2.45, 2.75) is 369 Å². The molecule has 0 aromatic heterocycles. The molecule has 0 rings (SSSR count). The quantitative estimate of drug-likeness (QED) is 0.0222. The van der Waals surface area contributed by atoms with Crippen LogP contribution in [0.15, 0.2) is 0 Å². The van der Waals surface area contributed by atoms with E-state index in [2.05, 4.69) is 55.4 Å². The molecule has 0 aliphatic rings. The molecule has 7 atom stereocenters. The molecular weight excluding hydrogens is 1190 g/mol. The molecule has 0 bridgehead atoms. The first-order valence-electron chi connectivity index (χ1n) is 36.8. The Kier molecular flexibility index (Phi) is 59.4. The summed E-state index contributed by atoms with van der Waals surface area (Å²) >= 11 is 0. The van der Waals surface area contributed by atoms with Gasteiger partial charge in [-0.3, -0.25) is 37.3 Å². The first kappa shape index (κ1) is 88.1. The predicted octanol–water partition coefficient (Wildman–Crippen LogP) is 20.1. The number of carbonyl (C=O) groups is 4. The number of hydrogen-bond donors (Lipinski definition) is 3. The van der Waals surface area contributed by atoms with Crippen LogP contribution in [0.4, 0.5) is 0 Å². The second kappa shape index (κ2) is 60.7. The Balaban J connectivity index is 5.28. The van der Waals surface area contributed by atoms with Crippen molar-refractivity contribution < 1.29 is 80.2 Å². The van der Waals surface area contributed by atoms with E-state index < -0.39 is 97.5 Å². The van der Waals surface area contributed by atoms with Crippen LogP contribution >= 0.6 is 15.6 Å². The molecule has 17 nitrogen and oxygen atoms in total. The summed E-state index contributed by atoms with van der Waals surface area (Å²) < 4.78 is 68.3. The van der Waals surface area contributed by atoms with Crippen molar-refractivity contribution in [1.29, 1.82) is 0 Å². The van der Waals surface area contributed by atoms with E-state index in [0.717, 1.165) is 114 Å². The van der Waals surface area contributed by atoms with Gasteiger partial charge in [0.25, 0.3) is 0 Å². The van der Waals surface area contributed by atoms with Gasteiger partial charge in [-0.25, -0.2) is 9.13 Å². The number of phosphoric ester groups is 2. The maximum absolute atomic E-state index is 13.0. The topological polar surface area (TPSA) is 237 Å². The van der Waals surface area contributed by atoms with E-state index in [-0.39, 0.29) is 25.7 Å². The molecule has 0 fully saturated rings. The Morgan fingerprint density at radius 1 is 0.311 bits per heavy atom. The van der Waals surface area contributed by atoms with Crippen LogP contribution in [-0.4, -0.2) is 96.7 Å². The molecule has 0 aliphatic heterocycles. The van der Waals surface area contributed by atoms with Crippen molar-refractivity contribution in [3.05, 3.63) is 0 Å². The summed E-state index contributed by atoms with van der Waals surface area (Å²) in [5.41, 5.74) is 0. The molecule has 0 heterocycles. The smallest absolute Gasteiger partial charge is 0.462 e. The normalized spacial score (nSPS) is 14.9. The Hall–Kier alpha value is -1.94. The lowest BCUT2D eigenvalue weighted by Crippen LogP contribution is -2.30. The van der Waals surface area contributed by atoms with Gasteiger partial charge >= 0.3 is 39.5 Å². The second-order valence-electron chi connectivity index (χ2n) is 27.1. The summed E-state index contributed by atoms with van der Waals surface area (Å²) in [4.78, 5) is 72.6. The maximum Gasteiger partial charge on any atom is 0.472 e. The number of hydrogen-bond acceptors (Lipinski definition) is 15. The molecule has 5 unspecified atom stereocenters. The van der Waals surface area contributed by atoms with Gasteiger partial charge in [0.2, 0.25) is 0 Å². The number of aliphatic hydroxyl groups excluding tert-OH is 1. The summed E-state index contributed by atoms with van der Waals surface area (Å²) in [6, 6.07) is 0. The number of carbonyl (C=O) groups excluding carboxylic acids is 4. The van der Waals surface area contributed by atoms with E-state index in [1.54, 1.807) is 0 Å². The Morgan fingerprint density at radius 2 is 0.533 bits per heavy atom. The molecule has 534 valence electrons. The fourth-order valence-corrected chi connectivity index (χ4v) is 12.2. The lowest BCUT2D eigenvalue weighted by atomic mass is 9.99. The van der Waals surface area contributed by atoms with Crippen LogP contribution in [0.5, 0.6) is 0 Å². The van der Waals surface area contributed by atoms with Crippen molar-refractivity contribution in [3.8, 4) is 0 Å². The molecule has 0 amide bonds. The third-order valence-corrected chi connectivity index (χ3v) is 18.9. The molecule has 0 saturated heterocycles. The summed E-state index contributed by atoms with van der Waals surface area (Å²) in [5, 5.41) is 10.6. The zero-order chi connectivity index (χ0) is 66.8. The van der Waals surface area contributed by atoms with Crippen molar-refractivity contribution in [2.24, 2.45) is 23.7 Å². The van der Waals surface area contributed by atoms with E-state index in [1.165, 1.54) is 154 Å². The van der Waals surface area contributed by atoms with Gasteiger partial charge in [-0.1, -0.05) is 299 Å². The van der Waals surface area contributed by atoms with Gasteiger partial charge in [0.15, 0.2) is 12.2 Å². The molecule has 3 N–H and O–H groups in total. The highest BCUT2D eigenvalue weighted by Crippen LogP contribution is 2.45. The first-order chi connectivity index (χ1) is 43.2. The monoisotopic (exact) mass is 1320 g/mol. The molecule has 0 aromatic rings. The predicted molar refractivity (Wildman–Crippen MR) is 363 cm³/mol. The molecule has 0 aromatic carbocycles. The molecule has 0 radical (unpaired) electrons. The summed E-state index contributed by atoms with van der Waals surface area (Å²) in [6.07, 6.45) is 42.9. The average molecular weight is 1330 g/mol. The minimum Gasteiger partial charge on any atom is -0.462 e. The number of unbranched alkanes of at least 4 members (excludes halogenated alkanes) is 32. The number of rotatable bonds is 68. The molecule has 19 heteroatoms. The summed E-state index contributed by atoms with van der Waals surface area (Å²) in [5.74, 6) is 0.921. The van der Waals surface area contributed by atoms with Crippen LogP contribution in [0.1, 0.15) is 351 Å². The van der Waals surface area contributed by atoms with Gasteiger partial charge < -0.3 is 33.8 Å². The lowest BCUT2D eigenvalue weighted by Gasteiger charge is -2.21. The molecule has 90 heavy (non-hydrogen) atoms. The van der Waals surface area contributed by atoms with Crippen molar-refractivity contribution in [1.82, 2.24) is 0 Å². The van der Waals surface area contributed by atoms with Gasteiger partial charge in [0, 0.05) is 25.7 Å². The van der Waals surface area contributed by atoms with Crippen molar-refractivity contribution >= 4 is 39.5 Å². The van der Waals surface area contributed by atoms with Gasteiger partial charge in [-0.2, -0.15) is 0 Å². The maximum atomic E-state index is 13.0. The van der Waals surface area contributed by atoms with Crippen molar-refractivity contribution in [2.75, 3.05) is 39.6 Å². The first-order valence-corrected chi connectivity index (χ1v) is 39.8. The van der Waals surface area contributed by atoms with Crippen LogP contribution in [0.25, 0.3) is 0 Å². The lowest BCUT2D eigenvalue weighted by molar-refractivity contribution is -0.161. The van der Waals surface area contributed by atoms with Crippen LogP contribution in [0.2, 0.25) is 0 Å². The standard InChI is InChI=1S/C71H138O17P2/c1-9-63(7)49-41-33-25-18-21-28-36-44-52-69(74)82-57-66(87-70(75)53-45-37-29-16-14-12-11-13-15-23-31-39-47-61(3)4)59-85-89(77,78)83-55-65(72)56-84-90(79,80)86-60-67(58-81-68(73)51-43-35-27-20-17-24-32-40-48-62(5)6)88-71(76)54-46-38-30-22-19-26-34-42-50-64(8)10-2/h61-67,72H,9-60H2,1-8H3,(H,77,78)(H,79,80)/t63?,64?,65?,66-,67-/m1/s1. The molecule has 0 aliphatic carbocycles. The fourth-order valence-electron chi connectivity index (χ4n) is 10.6. The third kappa shape index (κ3) is 62.2. The molecule has 0 saturated carbocycles. The molecular formula is C71H138O17P2. The van der Waals surface area contributed by atoms with Crippen LogP contribution < -0.4 is 0 Å². The average Bonchev–Trinajstić information content (AvgIpc) is 3.72. The van der Waals surface area contributed by atoms with Crippen LogP contribution in [0, 0.1) is 23.7 Å². The van der Waals surface area contributed by atoms with E-state index >= 15 is 0 Å². The Bertz CT molecular complexity index is 1790. The minimum atomic E-state index is -4.95. The second-order valence-corrected chi connectivity index (χ2v) is 30.0. The van der Waals surface area contributed by atoms with Crippen LogP contribution in [0.3, 0.4) is 0 Å². The van der Waals surface area contributed by atoms with Crippen LogP contribution in [-0.2, 0) is 65.4 Å². The van der Waals surface area contributed by atoms with E-state index in [4.69, 9.17) is 37.0 Å². The highest BCUT2D eigenvalue weighted by molar-refractivity contribution is 7.47. The van der Waals surface area contributed by atoms with Gasteiger partial charge in [-0.05, 0) is 49.4 Å². The van der Waals surface area contributed by atoms with E-state index in [9.17, 15) is 43.2 Å². The highest BCUT2D eigenvalue weighted by atomic mass is 31.2. The SMILES string of the molecule is CCC(C)CCCCCCCCCCC(=O)OC[C@H](COP(=O)(O)OCC(O)COP(=O)(O)OC[C@@H](COC(=O)CCCCCCCCCCC(C)C)OC(=O)CCCCCCCCCCC(C)CC)OC(=O)CCCCCCCCCCCCCCC(C)C. The summed E-state index contributed by atoms with van der Waals surface area (Å²) in [6.45, 7) is 14.1. The highest BCUT2D eigenvalue weighted by Gasteiger charge is 2.30. The summed E-state index contributed by atoms with van der Waals surface area (Å²) in [7, 11) is -9.91. The fraction of sp³-hybridized carbons (Fsp3) is 0.944. The zero-order valence-electron chi connectivity index (χ0n) is 58.8. The van der Waals surface area contributed by atoms with Crippen molar-refractivity contribution in [3.63, 3.8) is 0 Å². The number of aliphatic hydroxyl groups is 1. The van der Waals surface area contributed by atoms with Gasteiger partial charge in [0.05, 0.1) is 26.4 Å². The largest absolute Gasteiger partial charge is 0.472 e. The molecule has 0 spiro atoms. The van der Waals surface area contributed by atoms with Gasteiger partial charge in [0.1, 0.15) is 19.3 Å².